The van der Waals surface area contributed by atoms with Gasteiger partial charge in [-0.2, -0.15) is 4.98 Å². The number of nitrogens with one attached hydrogen (secondary N) is 1. The SMILES string of the molecule is CSc1nc2nc(C)c(CC(=O)OC(C)C(=O)c3c(C)[nH]c4ccccc34)c(C)n2n1. The number of esters is 1. The Morgan fingerprint density at radius 3 is 2.68 bits per heavy atom. The van der Waals surface area contributed by atoms with Gasteiger partial charge in [0, 0.05) is 39.1 Å². The molecule has 1 atom stereocenters. The molecule has 0 amide bonds. The molecule has 0 spiro atoms. The van der Waals surface area contributed by atoms with Gasteiger partial charge in [0.25, 0.3) is 5.78 Å². The molecule has 0 bridgehead atoms. The summed E-state index contributed by atoms with van der Waals surface area (Å²) in [7, 11) is 0. The van der Waals surface area contributed by atoms with Gasteiger partial charge in [0.1, 0.15) is 0 Å². The molecule has 0 saturated heterocycles. The van der Waals surface area contributed by atoms with E-state index in [-0.39, 0.29) is 12.2 Å². The zero-order chi connectivity index (χ0) is 22.3. The van der Waals surface area contributed by atoms with E-state index in [9.17, 15) is 9.59 Å². The molecule has 0 aliphatic heterocycles. The average Bonchev–Trinajstić information content (AvgIpc) is 3.30. The third-order valence-electron chi connectivity index (χ3n) is 5.35. The molecular formula is C22H23N5O3S. The molecule has 1 N–H and O–H groups in total. The van der Waals surface area contributed by atoms with Crippen LogP contribution in [0.15, 0.2) is 29.4 Å². The number of benzene rings is 1. The Labute approximate surface area is 183 Å². The van der Waals surface area contributed by atoms with Crippen LogP contribution in [0.1, 0.15) is 39.9 Å². The van der Waals surface area contributed by atoms with E-state index >= 15 is 0 Å². The van der Waals surface area contributed by atoms with Gasteiger partial charge < -0.3 is 9.72 Å². The quantitative estimate of drug-likeness (QED) is 0.279. The number of hydrogen-bond donors (Lipinski definition) is 1. The van der Waals surface area contributed by atoms with Crippen LogP contribution in [0.25, 0.3) is 16.7 Å². The maximum atomic E-state index is 13.0. The minimum atomic E-state index is -0.905. The number of carbonyl (C=O) groups is 2. The summed E-state index contributed by atoms with van der Waals surface area (Å²) in [6, 6.07) is 7.58. The monoisotopic (exact) mass is 437 g/mol. The number of fused-ring (bicyclic) bond motifs is 2. The van der Waals surface area contributed by atoms with E-state index in [1.807, 2.05) is 51.3 Å². The summed E-state index contributed by atoms with van der Waals surface area (Å²) in [6.07, 6.45) is 0.986. The highest BCUT2D eigenvalue weighted by Crippen LogP contribution is 2.24. The van der Waals surface area contributed by atoms with Crippen LogP contribution in [0.3, 0.4) is 0 Å². The van der Waals surface area contributed by atoms with E-state index in [1.54, 1.807) is 11.4 Å². The number of nitrogens with zero attached hydrogens (tertiary/aromatic N) is 4. The van der Waals surface area contributed by atoms with Crippen LogP contribution in [0.5, 0.6) is 0 Å². The van der Waals surface area contributed by atoms with Gasteiger partial charge in [-0.1, -0.05) is 30.0 Å². The molecule has 1 unspecified atom stereocenters. The fraction of sp³-hybridized carbons (Fsp3) is 0.318. The van der Waals surface area contributed by atoms with E-state index < -0.39 is 12.1 Å². The molecular weight excluding hydrogens is 414 g/mol. The highest BCUT2D eigenvalue weighted by molar-refractivity contribution is 7.98. The van der Waals surface area contributed by atoms with Crippen LogP contribution in [-0.4, -0.2) is 48.7 Å². The summed E-state index contributed by atoms with van der Waals surface area (Å²) >= 11 is 1.43. The van der Waals surface area contributed by atoms with Gasteiger partial charge in [-0.15, -0.1) is 5.10 Å². The summed E-state index contributed by atoms with van der Waals surface area (Å²) in [5.74, 6) is -0.225. The van der Waals surface area contributed by atoms with Crippen LogP contribution in [-0.2, 0) is 16.0 Å². The molecule has 8 nitrogen and oxygen atoms in total. The van der Waals surface area contributed by atoms with Gasteiger partial charge in [0.2, 0.25) is 10.9 Å². The summed E-state index contributed by atoms with van der Waals surface area (Å²) in [4.78, 5) is 37.7. The van der Waals surface area contributed by atoms with Crippen molar-refractivity contribution in [2.24, 2.45) is 0 Å². The molecule has 0 saturated carbocycles. The van der Waals surface area contributed by atoms with Gasteiger partial charge in [-0.25, -0.2) is 9.50 Å². The Hall–Kier alpha value is -3.20. The second-order valence-corrected chi connectivity index (χ2v) is 8.19. The molecule has 4 rings (SSSR count). The third-order valence-corrected chi connectivity index (χ3v) is 5.89. The van der Waals surface area contributed by atoms with Crippen molar-refractivity contribution in [3.8, 4) is 0 Å². The van der Waals surface area contributed by atoms with Crippen molar-refractivity contribution < 1.29 is 14.3 Å². The molecule has 1 aromatic carbocycles. The first kappa shape index (κ1) is 21.0. The lowest BCUT2D eigenvalue weighted by molar-refractivity contribution is -0.145. The van der Waals surface area contributed by atoms with E-state index in [0.717, 1.165) is 27.9 Å². The normalized spacial score (nSPS) is 12.4. The van der Waals surface area contributed by atoms with Gasteiger partial charge in [-0.3, -0.25) is 9.59 Å². The van der Waals surface area contributed by atoms with Crippen molar-refractivity contribution in [2.75, 3.05) is 6.26 Å². The third kappa shape index (κ3) is 3.81. The Bertz CT molecular complexity index is 1320. The Kier molecular flexibility index (Phi) is 5.53. The molecule has 0 radical (unpaired) electrons. The first-order chi connectivity index (χ1) is 14.8. The second-order valence-electron chi connectivity index (χ2n) is 7.42. The minimum absolute atomic E-state index is 0.000442. The summed E-state index contributed by atoms with van der Waals surface area (Å²) in [5, 5.41) is 5.84. The number of aryl methyl sites for hydroxylation is 3. The summed E-state index contributed by atoms with van der Waals surface area (Å²) in [6.45, 7) is 7.14. The number of para-hydroxylation sites is 1. The highest BCUT2D eigenvalue weighted by atomic mass is 32.2. The van der Waals surface area contributed by atoms with Crippen LogP contribution >= 0.6 is 11.8 Å². The van der Waals surface area contributed by atoms with Crippen LogP contribution in [0.2, 0.25) is 0 Å². The molecule has 160 valence electrons. The number of rotatable bonds is 6. The predicted molar refractivity (Wildman–Crippen MR) is 119 cm³/mol. The standard InChI is InChI=1S/C22H23N5O3S/c1-11-16(13(3)27-21(24-11)25-22(26-27)31-5)10-18(28)30-14(4)20(29)19-12(2)23-17-9-7-6-8-15(17)19/h6-9,14,23H,10H2,1-5H3. The van der Waals surface area contributed by atoms with Crippen molar-refractivity contribution in [1.82, 2.24) is 24.6 Å². The van der Waals surface area contributed by atoms with E-state index in [1.165, 1.54) is 11.8 Å². The van der Waals surface area contributed by atoms with Gasteiger partial charge >= 0.3 is 5.97 Å². The van der Waals surface area contributed by atoms with Crippen molar-refractivity contribution in [2.45, 2.75) is 45.4 Å². The summed E-state index contributed by atoms with van der Waals surface area (Å²) < 4.78 is 7.14. The minimum Gasteiger partial charge on any atom is -0.454 e. The maximum Gasteiger partial charge on any atom is 0.311 e. The molecule has 3 aromatic heterocycles. The van der Waals surface area contributed by atoms with E-state index in [4.69, 9.17) is 4.74 Å². The van der Waals surface area contributed by atoms with Crippen molar-refractivity contribution in [3.63, 3.8) is 0 Å². The molecule has 31 heavy (non-hydrogen) atoms. The number of aromatic amines is 1. The number of ether oxygens (including phenoxy) is 1. The van der Waals surface area contributed by atoms with Crippen molar-refractivity contribution in [3.05, 3.63) is 52.5 Å². The number of hydrogen-bond acceptors (Lipinski definition) is 7. The van der Waals surface area contributed by atoms with Gasteiger partial charge in [0.15, 0.2) is 6.10 Å². The van der Waals surface area contributed by atoms with Gasteiger partial charge in [-0.05, 0) is 40.0 Å². The predicted octanol–water partition coefficient (Wildman–Crippen LogP) is 3.61. The van der Waals surface area contributed by atoms with E-state index in [0.29, 0.717) is 22.2 Å². The number of carbonyl (C=O) groups excluding carboxylic acids is 2. The maximum absolute atomic E-state index is 13.0. The fourth-order valence-corrected chi connectivity index (χ4v) is 4.10. The molecule has 9 heteroatoms. The number of Topliss-reactive ketones (excluding diaryl/α,β-unsaturated/α-hetero) is 1. The number of H-pyrrole nitrogens is 1. The Morgan fingerprint density at radius 1 is 1.19 bits per heavy atom. The molecule has 0 aliphatic carbocycles. The zero-order valence-electron chi connectivity index (χ0n) is 18.0. The Morgan fingerprint density at radius 2 is 1.94 bits per heavy atom. The first-order valence-corrected chi connectivity index (χ1v) is 11.1. The van der Waals surface area contributed by atoms with Crippen molar-refractivity contribution in [1.29, 1.82) is 0 Å². The van der Waals surface area contributed by atoms with Gasteiger partial charge in [0.05, 0.1) is 6.42 Å². The number of thioether (sulfide) groups is 1. The fourth-order valence-electron chi connectivity index (χ4n) is 3.77. The average molecular weight is 438 g/mol. The topological polar surface area (TPSA) is 102 Å². The summed E-state index contributed by atoms with van der Waals surface area (Å²) in [5.41, 5.74) is 4.37. The number of aromatic nitrogens is 5. The highest BCUT2D eigenvalue weighted by Gasteiger charge is 2.25. The first-order valence-electron chi connectivity index (χ1n) is 9.88. The smallest absolute Gasteiger partial charge is 0.311 e. The molecule has 0 fully saturated rings. The molecule has 3 heterocycles. The lowest BCUT2D eigenvalue weighted by atomic mass is 10.0. The molecule has 4 aromatic rings. The van der Waals surface area contributed by atoms with E-state index in [2.05, 4.69) is 20.1 Å². The number of ketones is 1. The lowest BCUT2D eigenvalue weighted by Gasteiger charge is -2.14. The lowest BCUT2D eigenvalue weighted by Crippen LogP contribution is -2.26. The van der Waals surface area contributed by atoms with Crippen LogP contribution in [0.4, 0.5) is 0 Å². The Balaban J connectivity index is 1.54. The van der Waals surface area contributed by atoms with Crippen LogP contribution in [0, 0.1) is 20.8 Å². The second kappa shape index (κ2) is 8.14. The zero-order valence-corrected chi connectivity index (χ0v) is 18.8. The largest absolute Gasteiger partial charge is 0.454 e. The van der Waals surface area contributed by atoms with Crippen LogP contribution < -0.4 is 0 Å². The van der Waals surface area contributed by atoms with Crippen molar-refractivity contribution >= 4 is 40.2 Å². The molecule has 0 aliphatic rings.